The first-order valence-electron chi connectivity index (χ1n) is 8.79. The summed E-state index contributed by atoms with van der Waals surface area (Å²) in [4.78, 5) is 20.6. The number of aliphatic hydroxyl groups is 1. The number of ether oxygens (including phenoxy) is 1. The monoisotopic (exact) mass is 370 g/mol. The van der Waals surface area contributed by atoms with E-state index in [0.717, 1.165) is 0 Å². The molecule has 0 saturated carbocycles. The summed E-state index contributed by atoms with van der Waals surface area (Å²) in [7, 11) is 0. The Hall–Kier alpha value is -2.84. The summed E-state index contributed by atoms with van der Waals surface area (Å²) in [5, 5.41) is 12.8. The van der Waals surface area contributed by atoms with E-state index in [4.69, 9.17) is 4.74 Å². The molecule has 0 bridgehead atoms. The molecule has 27 heavy (non-hydrogen) atoms. The minimum absolute atomic E-state index is 0.0932. The predicted molar refractivity (Wildman–Crippen MR) is 96.7 cm³/mol. The number of nitrogens with zero attached hydrogens (tertiary/aromatic N) is 3. The molecular formula is C19H19FN4O3. The van der Waals surface area contributed by atoms with E-state index in [-0.39, 0.29) is 23.2 Å². The van der Waals surface area contributed by atoms with Crippen LogP contribution in [0, 0.1) is 5.82 Å². The molecule has 3 heterocycles. The smallest absolute Gasteiger partial charge is 0.256 e. The quantitative estimate of drug-likeness (QED) is 0.737. The Kier molecular flexibility index (Phi) is 4.59. The van der Waals surface area contributed by atoms with Gasteiger partial charge in [0.1, 0.15) is 18.4 Å². The second-order valence-corrected chi connectivity index (χ2v) is 6.47. The molecule has 3 atom stereocenters. The molecule has 8 heteroatoms. The third-order valence-corrected chi connectivity index (χ3v) is 4.75. The van der Waals surface area contributed by atoms with E-state index in [2.05, 4.69) is 15.3 Å². The average Bonchev–Trinajstić information content (AvgIpc) is 3.23. The van der Waals surface area contributed by atoms with Crippen LogP contribution in [0.25, 0.3) is 11.0 Å². The fourth-order valence-corrected chi connectivity index (χ4v) is 3.38. The summed E-state index contributed by atoms with van der Waals surface area (Å²) in [5.74, 6) is -0.857. The van der Waals surface area contributed by atoms with Gasteiger partial charge in [-0.3, -0.25) is 4.79 Å². The number of carbonyl (C=O) groups excluding carboxylic acids is 1. The first-order chi connectivity index (χ1) is 13.1. The van der Waals surface area contributed by atoms with Crippen LogP contribution < -0.4 is 5.32 Å². The molecule has 140 valence electrons. The molecule has 4 rings (SSSR count). The third kappa shape index (κ3) is 3.17. The lowest BCUT2D eigenvalue weighted by molar-refractivity contribution is -0.0182. The van der Waals surface area contributed by atoms with Gasteiger partial charge in [-0.05, 0) is 18.6 Å². The second kappa shape index (κ2) is 7.05. The van der Waals surface area contributed by atoms with E-state index < -0.39 is 18.1 Å². The van der Waals surface area contributed by atoms with E-state index in [1.54, 1.807) is 34.9 Å². The number of fused-ring (bicyclic) bond motifs is 1. The van der Waals surface area contributed by atoms with Crippen LogP contribution in [0.1, 0.15) is 36.4 Å². The van der Waals surface area contributed by atoms with Crippen LogP contribution in [0.15, 0.2) is 42.9 Å². The van der Waals surface area contributed by atoms with E-state index >= 15 is 0 Å². The summed E-state index contributed by atoms with van der Waals surface area (Å²) in [6, 6.07) is 8.61. The summed E-state index contributed by atoms with van der Waals surface area (Å²) in [6.45, 7) is 1.92. The van der Waals surface area contributed by atoms with Crippen molar-refractivity contribution in [1.82, 2.24) is 14.5 Å². The minimum atomic E-state index is -0.611. The van der Waals surface area contributed by atoms with Crippen LogP contribution in [0.2, 0.25) is 0 Å². The van der Waals surface area contributed by atoms with Crippen molar-refractivity contribution < 1.29 is 19.0 Å². The highest BCUT2D eigenvalue weighted by Gasteiger charge is 2.35. The number of hydrogen-bond donors (Lipinski definition) is 2. The van der Waals surface area contributed by atoms with Gasteiger partial charge in [0.05, 0.1) is 17.6 Å². The highest BCUT2D eigenvalue weighted by atomic mass is 19.1. The van der Waals surface area contributed by atoms with Gasteiger partial charge in [0, 0.05) is 18.2 Å². The number of halogens is 1. The van der Waals surface area contributed by atoms with Crippen LogP contribution in [0.5, 0.6) is 0 Å². The molecule has 0 unspecified atom stereocenters. The second-order valence-electron chi connectivity index (χ2n) is 6.47. The Morgan fingerprint density at radius 1 is 1.37 bits per heavy atom. The molecule has 1 aliphatic rings. The van der Waals surface area contributed by atoms with E-state index in [1.807, 2.05) is 6.92 Å². The van der Waals surface area contributed by atoms with E-state index in [9.17, 15) is 14.3 Å². The van der Waals surface area contributed by atoms with Gasteiger partial charge in [-0.1, -0.05) is 25.1 Å². The Morgan fingerprint density at radius 3 is 2.85 bits per heavy atom. The number of carbonyl (C=O) groups is 1. The van der Waals surface area contributed by atoms with Gasteiger partial charge in [-0.2, -0.15) is 0 Å². The Morgan fingerprint density at radius 2 is 2.15 bits per heavy atom. The van der Waals surface area contributed by atoms with Crippen LogP contribution in [0.4, 0.5) is 10.2 Å². The Balaban J connectivity index is 1.68. The zero-order valence-electron chi connectivity index (χ0n) is 14.7. The summed E-state index contributed by atoms with van der Waals surface area (Å²) >= 11 is 0. The molecule has 1 fully saturated rings. The van der Waals surface area contributed by atoms with Crippen molar-refractivity contribution in [1.29, 1.82) is 0 Å². The van der Waals surface area contributed by atoms with E-state index in [1.165, 1.54) is 12.5 Å². The van der Waals surface area contributed by atoms with Crippen molar-refractivity contribution >= 4 is 22.8 Å². The van der Waals surface area contributed by atoms with Crippen molar-refractivity contribution in [2.24, 2.45) is 0 Å². The molecule has 1 aliphatic heterocycles. The van der Waals surface area contributed by atoms with Gasteiger partial charge in [-0.15, -0.1) is 0 Å². The zero-order valence-corrected chi connectivity index (χ0v) is 14.7. The Bertz CT molecular complexity index is 976. The molecule has 7 nitrogen and oxygen atoms in total. The van der Waals surface area contributed by atoms with Gasteiger partial charge in [0.25, 0.3) is 5.91 Å². The number of benzene rings is 1. The van der Waals surface area contributed by atoms with Gasteiger partial charge >= 0.3 is 0 Å². The third-order valence-electron chi connectivity index (χ3n) is 4.75. The lowest BCUT2D eigenvalue weighted by Gasteiger charge is -2.14. The lowest BCUT2D eigenvalue weighted by Crippen LogP contribution is -2.19. The number of anilines is 1. The maximum absolute atomic E-state index is 14.7. The number of amides is 1. The molecule has 0 spiro atoms. The SMILES string of the molecule is CC[C@H]1O[C@@H](n2cc(F)c3c(NC(=O)c4ccccc4)ncnc32)C[C@@H]1O. The minimum Gasteiger partial charge on any atom is -0.390 e. The van der Waals surface area contributed by atoms with Crippen LogP contribution in [-0.4, -0.2) is 37.8 Å². The maximum Gasteiger partial charge on any atom is 0.256 e. The van der Waals surface area contributed by atoms with Crippen molar-refractivity contribution in [3.63, 3.8) is 0 Å². The average molecular weight is 370 g/mol. The summed E-state index contributed by atoms with van der Waals surface area (Å²) in [5.41, 5.74) is 0.747. The Labute approximate surface area is 154 Å². The summed E-state index contributed by atoms with van der Waals surface area (Å²) in [6.07, 6.45) is 2.11. The molecule has 0 aliphatic carbocycles. The van der Waals surface area contributed by atoms with Gasteiger partial charge in [0.15, 0.2) is 11.5 Å². The standard InChI is InChI=1S/C19H19FN4O3/c1-2-14-13(25)8-15(27-14)24-9-12(20)16-17(21-10-22-18(16)24)23-19(26)11-6-4-3-5-7-11/h3-7,9-10,13-15,25H,2,8H2,1H3,(H,21,22,23,26)/t13-,14+,15+/m0/s1. The van der Waals surface area contributed by atoms with Crippen molar-refractivity contribution in [3.05, 3.63) is 54.2 Å². The topological polar surface area (TPSA) is 89.3 Å². The number of aromatic nitrogens is 3. The molecule has 0 radical (unpaired) electrons. The zero-order chi connectivity index (χ0) is 19.0. The molecule has 1 saturated heterocycles. The fraction of sp³-hybridized carbons (Fsp3) is 0.316. The van der Waals surface area contributed by atoms with Crippen molar-refractivity contribution in [2.45, 2.75) is 38.2 Å². The number of aliphatic hydroxyl groups excluding tert-OH is 1. The normalized spacial score (nSPS) is 22.3. The lowest BCUT2D eigenvalue weighted by atomic mass is 10.1. The summed E-state index contributed by atoms with van der Waals surface area (Å²) < 4.78 is 22.0. The highest BCUT2D eigenvalue weighted by molar-refractivity contribution is 6.07. The number of rotatable bonds is 4. The first kappa shape index (κ1) is 17.6. The van der Waals surface area contributed by atoms with Crippen LogP contribution in [-0.2, 0) is 4.74 Å². The maximum atomic E-state index is 14.7. The molecule has 3 aromatic rings. The van der Waals surface area contributed by atoms with Crippen molar-refractivity contribution in [2.75, 3.05) is 5.32 Å². The number of nitrogens with one attached hydrogen (secondary N) is 1. The van der Waals surface area contributed by atoms with Gasteiger partial charge in [-0.25, -0.2) is 14.4 Å². The van der Waals surface area contributed by atoms with E-state index in [0.29, 0.717) is 24.1 Å². The van der Waals surface area contributed by atoms with Crippen LogP contribution >= 0.6 is 0 Å². The number of hydrogen-bond acceptors (Lipinski definition) is 5. The molecule has 1 amide bonds. The van der Waals surface area contributed by atoms with Gasteiger partial charge < -0.3 is 19.7 Å². The molecular weight excluding hydrogens is 351 g/mol. The van der Waals surface area contributed by atoms with Gasteiger partial charge in [0.2, 0.25) is 0 Å². The molecule has 2 N–H and O–H groups in total. The predicted octanol–water partition coefficient (Wildman–Crippen LogP) is 2.88. The highest BCUT2D eigenvalue weighted by Crippen LogP contribution is 2.35. The van der Waals surface area contributed by atoms with Crippen molar-refractivity contribution in [3.8, 4) is 0 Å². The molecule has 2 aromatic heterocycles. The largest absolute Gasteiger partial charge is 0.390 e. The fourth-order valence-electron chi connectivity index (χ4n) is 3.38. The molecule has 1 aromatic carbocycles. The first-order valence-corrected chi connectivity index (χ1v) is 8.79. The van der Waals surface area contributed by atoms with Crippen LogP contribution in [0.3, 0.4) is 0 Å².